The van der Waals surface area contributed by atoms with Crippen LogP contribution in [0, 0.1) is 6.07 Å². The van der Waals surface area contributed by atoms with E-state index >= 15 is 0 Å². The van der Waals surface area contributed by atoms with Crippen LogP contribution in [0.15, 0.2) is 18.2 Å². The summed E-state index contributed by atoms with van der Waals surface area (Å²) in [6.45, 7) is 0. The maximum Gasteiger partial charge on any atom is 0.339 e. The second kappa shape index (κ2) is 2.58. The van der Waals surface area contributed by atoms with Crippen LogP contribution in [0.25, 0.3) is 0 Å². The number of fused-ring (bicyclic) bond motifs is 1. The molecule has 4 heteroatoms. The molecule has 13 heavy (non-hydrogen) atoms. The van der Waals surface area contributed by atoms with Crippen LogP contribution in [0.5, 0.6) is 0 Å². The van der Waals surface area contributed by atoms with Gasteiger partial charge in [0.1, 0.15) is 0 Å². The highest BCUT2D eigenvalue weighted by Gasteiger charge is 2.34. The van der Waals surface area contributed by atoms with Gasteiger partial charge in [-0.25, -0.2) is 4.79 Å². The summed E-state index contributed by atoms with van der Waals surface area (Å²) in [5.41, 5.74) is 5.94. The number of hydrogen-bond acceptors (Lipinski definition) is 3. The molecule has 2 rings (SSSR count). The van der Waals surface area contributed by atoms with Crippen LogP contribution in [0.3, 0.4) is 0 Å². The molecule has 1 unspecified atom stereocenters. The van der Waals surface area contributed by atoms with E-state index in [1.54, 1.807) is 12.1 Å². The van der Waals surface area contributed by atoms with Crippen molar-refractivity contribution in [2.75, 3.05) is 0 Å². The molecule has 1 aromatic rings. The first-order valence-corrected chi connectivity index (χ1v) is 3.70. The van der Waals surface area contributed by atoms with Gasteiger partial charge in [0.25, 0.3) is 5.91 Å². The molecule has 1 aliphatic heterocycles. The Hall–Kier alpha value is -1.84. The normalized spacial score (nSPS) is 19.4. The monoisotopic (exact) mass is 176 g/mol. The van der Waals surface area contributed by atoms with Gasteiger partial charge in [-0.2, -0.15) is 0 Å². The Morgan fingerprint density at radius 1 is 1.62 bits per heavy atom. The van der Waals surface area contributed by atoms with E-state index in [4.69, 9.17) is 10.5 Å². The van der Waals surface area contributed by atoms with Crippen LogP contribution >= 0.6 is 0 Å². The largest absolute Gasteiger partial charge is 0.444 e. The molecule has 2 N–H and O–H groups in total. The van der Waals surface area contributed by atoms with Gasteiger partial charge in [-0.15, -0.1) is 0 Å². The lowest BCUT2D eigenvalue weighted by Crippen LogP contribution is -2.21. The molecule has 0 bridgehead atoms. The van der Waals surface area contributed by atoms with Crippen molar-refractivity contribution in [3.63, 3.8) is 0 Å². The quantitative estimate of drug-likeness (QED) is 0.620. The number of hydrogen-bond donors (Lipinski definition) is 1. The van der Waals surface area contributed by atoms with Crippen molar-refractivity contribution in [3.8, 4) is 0 Å². The summed E-state index contributed by atoms with van der Waals surface area (Å²) in [7, 11) is 0. The van der Waals surface area contributed by atoms with Gasteiger partial charge >= 0.3 is 5.97 Å². The summed E-state index contributed by atoms with van der Waals surface area (Å²) in [6, 6.07) is 7.44. The molecule has 1 amide bonds. The standard InChI is InChI=1S/C9H6NO3/c10-8(11)7-5-3-1-2-4-6(5)9(12)13-7/h2-4,7H,(H2,10,11). The lowest BCUT2D eigenvalue weighted by molar-refractivity contribution is -0.126. The summed E-state index contributed by atoms with van der Waals surface area (Å²) >= 11 is 0. The second-order valence-electron chi connectivity index (χ2n) is 2.70. The Balaban J connectivity index is 2.53. The summed E-state index contributed by atoms with van der Waals surface area (Å²) < 4.78 is 4.76. The molecule has 0 aliphatic carbocycles. The third-order valence-corrected chi connectivity index (χ3v) is 1.88. The van der Waals surface area contributed by atoms with E-state index in [0.29, 0.717) is 11.1 Å². The minimum absolute atomic E-state index is 0.391. The van der Waals surface area contributed by atoms with Crippen LogP contribution in [0.4, 0.5) is 0 Å². The van der Waals surface area contributed by atoms with Crippen molar-refractivity contribution in [1.82, 2.24) is 0 Å². The number of rotatable bonds is 1. The third-order valence-electron chi connectivity index (χ3n) is 1.88. The fourth-order valence-corrected chi connectivity index (χ4v) is 1.29. The zero-order valence-corrected chi connectivity index (χ0v) is 6.61. The van der Waals surface area contributed by atoms with Crippen molar-refractivity contribution in [2.24, 2.45) is 5.73 Å². The molecular weight excluding hydrogens is 170 g/mol. The molecule has 1 aliphatic rings. The highest BCUT2D eigenvalue weighted by atomic mass is 16.6. The average Bonchev–Trinajstić information content (AvgIpc) is 2.45. The van der Waals surface area contributed by atoms with E-state index in [2.05, 4.69) is 6.07 Å². The lowest BCUT2D eigenvalue weighted by atomic mass is 10.1. The van der Waals surface area contributed by atoms with Crippen molar-refractivity contribution < 1.29 is 14.3 Å². The molecule has 65 valence electrons. The summed E-state index contributed by atoms with van der Waals surface area (Å²) in [5.74, 6) is -1.17. The zero-order valence-electron chi connectivity index (χ0n) is 6.61. The molecule has 0 aromatic heterocycles. The Bertz CT molecular complexity index is 386. The zero-order chi connectivity index (χ0) is 9.42. The summed E-state index contributed by atoms with van der Waals surface area (Å²) in [4.78, 5) is 22.0. The van der Waals surface area contributed by atoms with Gasteiger partial charge in [0.2, 0.25) is 6.10 Å². The minimum Gasteiger partial charge on any atom is -0.444 e. The first-order chi connectivity index (χ1) is 6.20. The smallest absolute Gasteiger partial charge is 0.339 e. The molecule has 1 radical (unpaired) electrons. The Morgan fingerprint density at radius 2 is 2.38 bits per heavy atom. The van der Waals surface area contributed by atoms with Gasteiger partial charge in [-0.1, -0.05) is 6.07 Å². The van der Waals surface area contributed by atoms with E-state index in [1.165, 1.54) is 6.07 Å². The fourth-order valence-electron chi connectivity index (χ4n) is 1.29. The fraction of sp³-hybridized carbons (Fsp3) is 0.111. The summed E-state index contributed by atoms with van der Waals surface area (Å²) in [5, 5.41) is 0. The van der Waals surface area contributed by atoms with Crippen LogP contribution < -0.4 is 5.73 Å². The molecule has 0 saturated carbocycles. The Kier molecular flexibility index (Phi) is 1.55. The van der Waals surface area contributed by atoms with Crippen molar-refractivity contribution in [2.45, 2.75) is 6.10 Å². The van der Waals surface area contributed by atoms with E-state index in [0.717, 1.165) is 0 Å². The van der Waals surface area contributed by atoms with Gasteiger partial charge in [0, 0.05) is 5.56 Å². The predicted octanol–water partition coefficient (Wildman–Crippen LogP) is 0.184. The average molecular weight is 176 g/mol. The van der Waals surface area contributed by atoms with Crippen LogP contribution in [-0.4, -0.2) is 11.9 Å². The number of benzene rings is 1. The van der Waals surface area contributed by atoms with Crippen molar-refractivity contribution in [3.05, 3.63) is 35.4 Å². The minimum atomic E-state index is -0.944. The molecule has 1 heterocycles. The number of ether oxygens (including phenoxy) is 1. The molecule has 0 saturated heterocycles. The van der Waals surface area contributed by atoms with Crippen LogP contribution in [0.2, 0.25) is 0 Å². The van der Waals surface area contributed by atoms with E-state index in [9.17, 15) is 9.59 Å². The van der Waals surface area contributed by atoms with Gasteiger partial charge in [0.15, 0.2) is 0 Å². The van der Waals surface area contributed by atoms with Gasteiger partial charge in [-0.05, 0) is 18.2 Å². The van der Waals surface area contributed by atoms with E-state index in [1.807, 2.05) is 0 Å². The number of esters is 1. The highest BCUT2D eigenvalue weighted by Crippen LogP contribution is 2.29. The maximum absolute atomic E-state index is 11.1. The predicted molar refractivity (Wildman–Crippen MR) is 42.6 cm³/mol. The molecule has 1 aromatic carbocycles. The Labute approximate surface area is 74.3 Å². The number of carbonyl (C=O) groups excluding carboxylic acids is 2. The molecule has 0 spiro atoms. The number of amides is 1. The van der Waals surface area contributed by atoms with Crippen molar-refractivity contribution in [1.29, 1.82) is 0 Å². The van der Waals surface area contributed by atoms with Gasteiger partial charge < -0.3 is 10.5 Å². The number of carbonyl (C=O) groups is 2. The first kappa shape index (κ1) is 7.79. The topological polar surface area (TPSA) is 69.4 Å². The number of primary amides is 1. The lowest BCUT2D eigenvalue weighted by Gasteiger charge is -2.03. The first-order valence-electron chi connectivity index (χ1n) is 3.70. The molecule has 0 fully saturated rings. The van der Waals surface area contributed by atoms with E-state index in [-0.39, 0.29) is 0 Å². The molecule has 4 nitrogen and oxygen atoms in total. The summed E-state index contributed by atoms with van der Waals surface area (Å²) in [6.07, 6.45) is -0.944. The molecular formula is C9H6NO3. The van der Waals surface area contributed by atoms with Crippen molar-refractivity contribution >= 4 is 11.9 Å². The van der Waals surface area contributed by atoms with Gasteiger partial charge in [-0.3, -0.25) is 4.79 Å². The van der Waals surface area contributed by atoms with Crippen LogP contribution in [-0.2, 0) is 9.53 Å². The second-order valence-corrected chi connectivity index (χ2v) is 2.70. The highest BCUT2D eigenvalue weighted by molar-refractivity contribution is 5.99. The van der Waals surface area contributed by atoms with Crippen LogP contribution in [0.1, 0.15) is 22.0 Å². The van der Waals surface area contributed by atoms with E-state index < -0.39 is 18.0 Å². The van der Waals surface area contributed by atoms with Gasteiger partial charge in [0.05, 0.1) is 5.56 Å². The maximum atomic E-state index is 11.1. The number of cyclic esters (lactones) is 1. The SMILES string of the molecule is NC(=O)C1OC(=O)c2cc[c]cc21. The third kappa shape index (κ3) is 1.07. The number of nitrogens with two attached hydrogens (primary N) is 1. The molecule has 1 atom stereocenters. The Morgan fingerprint density at radius 3 is 3.08 bits per heavy atom.